The van der Waals surface area contributed by atoms with Gasteiger partial charge in [-0.15, -0.1) is 0 Å². The van der Waals surface area contributed by atoms with Crippen molar-refractivity contribution in [2.24, 2.45) is 0 Å². The van der Waals surface area contributed by atoms with Gasteiger partial charge in [0.15, 0.2) is 5.82 Å². The molecule has 1 aromatic heterocycles. The summed E-state index contributed by atoms with van der Waals surface area (Å²) in [7, 11) is 0. The lowest BCUT2D eigenvalue weighted by Crippen LogP contribution is -2.31. The molecule has 7 nitrogen and oxygen atoms in total. The van der Waals surface area contributed by atoms with Gasteiger partial charge in [0.2, 0.25) is 11.8 Å². The van der Waals surface area contributed by atoms with Gasteiger partial charge in [-0.1, -0.05) is 16.8 Å². The van der Waals surface area contributed by atoms with Crippen LogP contribution in [0.25, 0.3) is 0 Å². The van der Waals surface area contributed by atoms with Crippen LogP contribution in [0.3, 0.4) is 0 Å². The van der Waals surface area contributed by atoms with E-state index >= 15 is 0 Å². The van der Waals surface area contributed by atoms with Crippen LogP contribution in [0.4, 0.5) is 5.69 Å². The van der Waals surface area contributed by atoms with Crippen molar-refractivity contribution in [2.75, 3.05) is 5.32 Å². The summed E-state index contributed by atoms with van der Waals surface area (Å²) in [5, 5.41) is 9.59. The Hall–Kier alpha value is -2.41. The van der Waals surface area contributed by atoms with Crippen LogP contribution in [-0.2, 0) is 11.2 Å². The SMILES string of the molecule is Cc1noc(CCC(=O)Nc2cc(Cl)ccc2C(=O)NC(C)C)n1. The number of anilines is 1. The van der Waals surface area contributed by atoms with E-state index < -0.39 is 0 Å². The Kier molecular flexibility index (Phi) is 5.92. The molecular formula is C16H19ClN4O3. The fraction of sp³-hybridized carbons (Fsp3) is 0.375. The molecule has 2 rings (SSSR count). The molecule has 128 valence electrons. The van der Waals surface area contributed by atoms with Crippen LogP contribution in [0.5, 0.6) is 0 Å². The Morgan fingerprint density at radius 2 is 2.08 bits per heavy atom. The molecule has 0 aliphatic carbocycles. The highest BCUT2D eigenvalue weighted by molar-refractivity contribution is 6.31. The first kappa shape index (κ1) is 17.9. The standard InChI is InChI=1S/C16H19ClN4O3/c1-9(2)18-16(23)12-5-4-11(17)8-13(12)20-14(22)6-7-15-19-10(3)21-24-15/h4-5,8-9H,6-7H2,1-3H3,(H,18,23)(H,20,22). The van der Waals surface area contributed by atoms with E-state index in [-0.39, 0.29) is 24.3 Å². The topological polar surface area (TPSA) is 97.1 Å². The average Bonchev–Trinajstić information content (AvgIpc) is 2.90. The molecule has 0 saturated carbocycles. The fourth-order valence-corrected chi connectivity index (χ4v) is 2.20. The second kappa shape index (κ2) is 7.92. The maximum atomic E-state index is 12.2. The second-order valence-corrected chi connectivity index (χ2v) is 6.04. The first-order valence-corrected chi connectivity index (χ1v) is 7.92. The molecular weight excluding hydrogens is 332 g/mol. The minimum atomic E-state index is -0.274. The zero-order valence-corrected chi connectivity index (χ0v) is 14.5. The number of rotatable bonds is 6. The van der Waals surface area contributed by atoms with Crippen LogP contribution in [-0.4, -0.2) is 28.0 Å². The van der Waals surface area contributed by atoms with Crippen molar-refractivity contribution in [3.8, 4) is 0 Å². The number of nitrogens with one attached hydrogen (secondary N) is 2. The monoisotopic (exact) mass is 350 g/mol. The minimum Gasteiger partial charge on any atom is -0.350 e. The fourth-order valence-electron chi connectivity index (χ4n) is 2.03. The zero-order valence-electron chi connectivity index (χ0n) is 13.7. The lowest BCUT2D eigenvalue weighted by Gasteiger charge is -2.13. The van der Waals surface area contributed by atoms with E-state index in [9.17, 15) is 9.59 Å². The Morgan fingerprint density at radius 3 is 2.71 bits per heavy atom. The smallest absolute Gasteiger partial charge is 0.253 e. The highest BCUT2D eigenvalue weighted by Crippen LogP contribution is 2.21. The molecule has 1 aromatic carbocycles. The van der Waals surface area contributed by atoms with Crippen molar-refractivity contribution in [1.29, 1.82) is 0 Å². The van der Waals surface area contributed by atoms with Crippen molar-refractivity contribution in [1.82, 2.24) is 15.5 Å². The summed E-state index contributed by atoms with van der Waals surface area (Å²) >= 11 is 5.97. The van der Waals surface area contributed by atoms with Crippen LogP contribution in [0.15, 0.2) is 22.7 Å². The van der Waals surface area contributed by atoms with Crippen molar-refractivity contribution in [3.63, 3.8) is 0 Å². The summed E-state index contributed by atoms with van der Waals surface area (Å²) in [5.41, 5.74) is 0.724. The molecule has 0 saturated heterocycles. The molecule has 0 unspecified atom stereocenters. The van der Waals surface area contributed by atoms with Gasteiger partial charge in [-0.3, -0.25) is 9.59 Å². The molecule has 0 aliphatic heterocycles. The van der Waals surface area contributed by atoms with Gasteiger partial charge in [-0.05, 0) is 39.0 Å². The summed E-state index contributed by atoms with van der Waals surface area (Å²) in [6.45, 7) is 5.43. The Labute approximate surface area is 144 Å². The molecule has 8 heteroatoms. The molecule has 1 heterocycles. The maximum absolute atomic E-state index is 12.2. The lowest BCUT2D eigenvalue weighted by molar-refractivity contribution is -0.116. The Balaban J connectivity index is 2.05. The van der Waals surface area contributed by atoms with E-state index in [1.807, 2.05) is 13.8 Å². The van der Waals surface area contributed by atoms with E-state index in [1.54, 1.807) is 25.1 Å². The van der Waals surface area contributed by atoms with E-state index in [1.165, 1.54) is 0 Å². The van der Waals surface area contributed by atoms with Crippen LogP contribution < -0.4 is 10.6 Å². The first-order valence-electron chi connectivity index (χ1n) is 7.54. The van der Waals surface area contributed by atoms with Gasteiger partial charge in [-0.25, -0.2) is 0 Å². The Morgan fingerprint density at radius 1 is 1.33 bits per heavy atom. The maximum Gasteiger partial charge on any atom is 0.253 e. The third-order valence-electron chi connectivity index (χ3n) is 3.06. The number of carbonyl (C=O) groups is 2. The normalized spacial score (nSPS) is 10.7. The molecule has 0 radical (unpaired) electrons. The predicted octanol–water partition coefficient (Wildman–Crippen LogP) is 2.74. The molecule has 2 N–H and O–H groups in total. The molecule has 0 atom stereocenters. The average molecular weight is 351 g/mol. The summed E-state index contributed by atoms with van der Waals surface area (Å²) in [6, 6.07) is 4.72. The largest absolute Gasteiger partial charge is 0.350 e. The number of aryl methyl sites for hydroxylation is 2. The van der Waals surface area contributed by atoms with Crippen molar-refractivity contribution in [3.05, 3.63) is 40.5 Å². The molecule has 2 amide bonds. The summed E-state index contributed by atoms with van der Waals surface area (Å²) < 4.78 is 4.96. The summed E-state index contributed by atoms with van der Waals surface area (Å²) in [4.78, 5) is 28.4. The Bertz CT molecular complexity index is 743. The van der Waals surface area contributed by atoms with Gasteiger partial charge in [0, 0.05) is 23.9 Å². The van der Waals surface area contributed by atoms with E-state index in [4.69, 9.17) is 16.1 Å². The third kappa shape index (κ3) is 5.06. The van der Waals surface area contributed by atoms with E-state index in [0.717, 1.165) is 0 Å². The number of carbonyl (C=O) groups excluding carboxylic acids is 2. The third-order valence-corrected chi connectivity index (χ3v) is 3.29. The number of nitrogens with zero attached hydrogens (tertiary/aromatic N) is 2. The van der Waals surface area contributed by atoms with Crippen LogP contribution in [0, 0.1) is 6.92 Å². The number of amides is 2. The van der Waals surface area contributed by atoms with Gasteiger partial charge >= 0.3 is 0 Å². The van der Waals surface area contributed by atoms with E-state index in [2.05, 4.69) is 20.8 Å². The summed E-state index contributed by atoms with van der Waals surface area (Å²) in [6.07, 6.45) is 0.472. The molecule has 2 aromatic rings. The van der Waals surface area contributed by atoms with Crippen molar-refractivity contribution in [2.45, 2.75) is 39.7 Å². The number of halogens is 1. The highest BCUT2D eigenvalue weighted by atomic mass is 35.5. The van der Waals surface area contributed by atoms with Gasteiger partial charge in [-0.2, -0.15) is 4.98 Å². The number of benzene rings is 1. The van der Waals surface area contributed by atoms with Gasteiger partial charge in [0.05, 0.1) is 11.3 Å². The molecule has 0 fully saturated rings. The number of aromatic nitrogens is 2. The van der Waals surface area contributed by atoms with Crippen molar-refractivity contribution < 1.29 is 14.1 Å². The number of hydrogen-bond acceptors (Lipinski definition) is 5. The summed E-state index contributed by atoms with van der Waals surface area (Å²) in [5.74, 6) is 0.371. The van der Waals surface area contributed by atoms with Crippen LogP contribution >= 0.6 is 11.6 Å². The van der Waals surface area contributed by atoms with Gasteiger partial charge in [0.25, 0.3) is 5.91 Å². The van der Waals surface area contributed by atoms with E-state index in [0.29, 0.717) is 34.4 Å². The molecule has 0 spiro atoms. The molecule has 24 heavy (non-hydrogen) atoms. The molecule has 0 aliphatic rings. The van der Waals surface area contributed by atoms with Gasteiger partial charge < -0.3 is 15.2 Å². The van der Waals surface area contributed by atoms with Crippen molar-refractivity contribution >= 4 is 29.1 Å². The second-order valence-electron chi connectivity index (χ2n) is 5.60. The number of hydrogen-bond donors (Lipinski definition) is 2. The van der Waals surface area contributed by atoms with Crippen LogP contribution in [0.1, 0.15) is 42.3 Å². The quantitative estimate of drug-likeness (QED) is 0.834. The van der Waals surface area contributed by atoms with Crippen LogP contribution in [0.2, 0.25) is 5.02 Å². The zero-order chi connectivity index (χ0) is 17.7. The predicted molar refractivity (Wildman–Crippen MR) is 90.0 cm³/mol. The first-order chi connectivity index (χ1) is 11.3. The highest BCUT2D eigenvalue weighted by Gasteiger charge is 2.15. The lowest BCUT2D eigenvalue weighted by atomic mass is 10.1. The van der Waals surface area contributed by atoms with Gasteiger partial charge in [0.1, 0.15) is 0 Å². The minimum absolute atomic E-state index is 0.0162. The molecule has 0 bridgehead atoms.